The molecule has 0 spiro atoms. The Balaban J connectivity index is 1.57. The van der Waals surface area contributed by atoms with Crippen molar-refractivity contribution in [3.63, 3.8) is 0 Å². The van der Waals surface area contributed by atoms with Crippen molar-refractivity contribution in [1.82, 2.24) is 19.7 Å². The number of carbonyl (C=O) groups is 2. The van der Waals surface area contributed by atoms with E-state index in [1.807, 2.05) is 0 Å². The first-order valence-electron chi connectivity index (χ1n) is 10.0. The van der Waals surface area contributed by atoms with Gasteiger partial charge >= 0.3 is 5.92 Å². The Morgan fingerprint density at radius 1 is 1.00 bits per heavy atom. The maximum Gasteiger partial charge on any atom is 0.352 e. The van der Waals surface area contributed by atoms with Crippen molar-refractivity contribution in [3.05, 3.63) is 76.4 Å². The predicted molar refractivity (Wildman–Crippen MR) is 110 cm³/mol. The Morgan fingerprint density at radius 3 is 2.45 bits per heavy atom. The Labute approximate surface area is 186 Å². The van der Waals surface area contributed by atoms with Crippen LogP contribution in [-0.2, 0) is 23.8 Å². The molecule has 1 aliphatic heterocycles. The highest BCUT2D eigenvalue weighted by molar-refractivity contribution is 6.04. The van der Waals surface area contributed by atoms with Crippen LogP contribution in [0.15, 0.2) is 36.4 Å². The first-order chi connectivity index (χ1) is 15.6. The van der Waals surface area contributed by atoms with Gasteiger partial charge in [0.1, 0.15) is 17.5 Å². The van der Waals surface area contributed by atoms with E-state index in [0.29, 0.717) is 23.8 Å². The molecule has 0 saturated carbocycles. The van der Waals surface area contributed by atoms with Crippen molar-refractivity contribution >= 4 is 17.5 Å². The highest BCUT2D eigenvalue weighted by Gasteiger charge is 2.47. The van der Waals surface area contributed by atoms with Crippen molar-refractivity contribution in [2.75, 3.05) is 11.9 Å². The molecule has 0 fully saturated rings. The van der Waals surface area contributed by atoms with Crippen LogP contribution >= 0.6 is 0 Å². The number of aryl methyl sites for hydroxylation is 2. The van der Waals surface area contributed by atoms with Gasteiger partial charge in [0.15, 0.2) is 5.82 Å². The molecule has 0 unspecified atom stereocenters. The van der Waals surface area contributed by atoms with Crippen LogP contribution in [0.1, 0.15) is 33.1 Å². The van der Waals surface area contributed by atoms with E-state index < -0.39 is 34.9 Å². The van der Waals surface area contributed by atoms with Gasteiger partial charge in [-0.2, -0.15) is 8.78 Å². The van der Waals surface area contributed by atoms with Gasteiger partial charge in [-0.25, -0.2) is 8.78 Å². The van der Waals surface area contributed by atoms with E-state index in [9.17, 15) is 18.4 Å². The van der Waals surface area contributed by atoms with E-state index in [2.05, 4.69) is 15.5 Å². The van der Waals surface area contributed by atoms with Gasteiger partial charge in [0.2, 0.25) is 0 Å². The van der Waals surface area contributed by atoms with Crippen molar-refractivity contribution in [2.24, 2.45) is 0 Å². The molecule has 1 aliphatic rings. The van der Waals surface area contributed by atoms with Crippen LogP contribution < -0.4 is 5.32 Å². The molecule has 7 nitrogen and oxygen atoms in total. The molecule has 0 atom stereocenters. The lowest BCUT2D eigenvalue weighted by atomic mass is 10.0. The van der Waals surface area contributed by atoms with E-state index in [-0.39, 0.29) is 36.4 Å². The van der Waals surface area contributed by atoms with E-state index >= 15 is 8.78 Å². The maximum atomic E-state index is 15.1. The fourth-order valence-electron chi connectivity index (χ4n) is 3.62. The number of benzene rings is 2. The summed E-state index contributed by atoms with van der Waals surface area (Å²) in [5.74, 6) is -7.47. The first kappa shape index (κ1) is 22.4. The minimum Gasteiger partial charge on any atom is -0.328 e. The molecule has 4 rings (SSSR count). The summed E-state index contributed by atoms with van der Waals surface area (Å²) in [4.78, 5) is 26.1. The fraction of sp³-hybridized carbons (Fsp3) is 0.273. The number of halogens is 4. The van der Waals surface area contributed by atoms with Crippen LogP contribution in [0.3, 0.4) is 0 Å². The van der Waals surface area contributed by atoms with E-state index in [1.165, 1.54) is 19.1 Å². The summed E-state index contributed by atoms with van der Waals surface area (Å²) in [6, 6.07) is 6.20. The van der Waals surface area contributed by atoms with Gasteiger partial charge in [-0.3, -0.25) is 9.59 Å². The van der Waals surface area contributed by atoms with E-state index in [1.54, 1.807) is 11.5 Å². The van der Waals surface area contributed by atoms with Crippen LogP contribution in [0.4, 0.5) is 23.2 Å². The molecule has 0 aliphatic carbocycles. The number of hydrogen-bond donors (Lipinski definition) is 1. The summed E-state index contributed by atoms with van der Waals surface area (Å²) in [6.45, 7) is 3.23. The fourth-order valence-corrected chi connectivity index (χ4v) is 3.62. The molecule has 1 aromatic heterocycles. The van der Waals surface area contributed by atoms with Crippen LogP contribution in [0, 0.1) is 25.5 Å². The predicted octanol–water partition coefficient (Wildman–Crippen LogP) is 3.56. The van der Waals surface area contributed by atoms with Crippen molar-refractivity contribution < 1.29 is 27.2 Å². The SMILES string of the molecule is Cc1cc(NC(=O)c2ccc(F)c(C(F)(F)C(=O)N3CCn4c(C)nnc4C3)c2)ccc1F. The van der Waals surface area contributed by atoms with Gasteiger partial charge in [0.25, 0.3) is 11.8 Å². The Hall–Kier alpha value is -3.76. The number of amides is 2. The minimum absolute atomic E-state index is 0.0218. The number of aromatic nitrogens is 3. The Kier molecular flexibility index (Phi) is 5.64. The quantitative estimate of drug-likeness (QED) is 0.603. The zero-order chi connectivity index (χ0) is 23.9. The number of hydrogen-bond acceptors (Lipinski definition) is 4. The maximum absolute atomic E-state index is 15.1. The second-order valence-corrected chi connectivity index (χ2v) is 7.73. The molecule has 11 heteroatoms. The number of anilines is 1. The molecule has 3 aromatic rings. The van der Waals surface area contributed by atoms with Gasteiger partial charge in [-0.05, 0) is 55.8 Å². The Morgan fingerprint density at radius 2 is 1.73 bits per heavy atom. The number of carbonyl (C=O) groups excluding carboxylic acids is 2. The second kappa shape index (κ2) is 8.30. The summed E-state index contributed by atoms with van der Waals surface area (Å²) in [6.07, 6.45) is 0. The highest BCUT2D eigenvalue weighted by Crippen LogP contribution is 2.34. The minimum atomic E-state index is -4.22. The zero-order valence-corrected chi connectivity index (χ0v) is 17.7. The van der Waals surface area contributed by atoms with Gasteiger partial charge in [0.05, 0.1) is 12.1 Å². The summed E-state index contributed by atoms with van der Waals surface area (Å²) in [5.41, 5.74) is -0.980. The lowest BCUT2D eigenvalue weighted by Crippen LogP contribution is -2.46. The van der Waals surface area contributed by atoms with Gasteiger partial charge in [-0.1, -0.05) is 0 Å². The van der Waals surface area contributed by atoms with Crippen LogP contribution in [0.25, 0.3) is 0 Å². The van der Waals surface area contributed by atoms with Crippen LogP contribution in [0.2, 0.25) is 0 Å². The third-order valence-electron chi connectivity index (χ3n) is 5.48. The first-order valence-corrected chi connectivity index (χ1v) is 10.0. The van der Waals surface area contributed by atoms with Crippen molar-refractivity contribution in [2.45, 2.75) is 32.9 Å². The summed E-state index contributed by atoms with van der Waals surface area (Å²) in [7, 11) is 0. The lowest BCUT2D eigenvalue weighted by molar-refractivity contribution is -0.161. The molecular formula is C22H19F4N5O2. The number of rotatable bonds is 4. The molecule has 0 radical (unpaired) electrons. The van der Waals surface area contributed by atoms with Crippen LogP contribution in [-0.4, -0.2) is 38.0 Å². The standard InChI is InChI=1S/C22H19F4N5O2/c1-12-9-15(4-6-17(12)23)27-20(32)14-3-5-18(24)16(10-14)22(25,26)21(33)30-7-8-31-13(2)28-29-19(31)11-30/h3-6,9-10H,7-8,11H2,1-2H3,(H,27,32). The topological polar surface area (TPSA) is 80.1 Å². The highest BCUT2D eigenvalue weighted by atomic mass is 19.3. The molecule has 33 heavy (non-hydrogen) atoms. The van der Waals surface area contributed by atoms with Crippen molar-refractivity contribution in [1.29, 1.82) is 0 Å². The van der Waals surface area contributed by atoms with Gasteiger partial charge < -0.3 is 14.8 Å². The molecule has 0 saturated heterocycles. The monoisotopic (exact) mass is 461 g/mol. The third kappa shape index (κ3) is 4.18. The Bertz CT molecular complexity index is 1260. The number of fused-ring (bicyclic) bond motifs is 1. The van der Waals surface area contributed by atoms with Gasteiger partial charge in [0, 0.05) is 24.3 Å². The largest absolute Gasteiger partial charge is 0.352 e. The van der Waals surface area contributed by atoms with Crippen molar-refractivity contribution in [3.8, 4) is 0 Å². The number of nitrogens with zero attached hydrogens (tertiary/aromatic N) is 4. The molecule has 2 aromatic carbocycles. The average molecular weight is 461 g/mol. The number of nitrogens with one attached hydrogen (secondary N) is 1. The zero-order valence-electron chi connectivity index (χ0n) is 17.7. The summed E-state index contributed by atoms with van der Waals surface area (Å²) in [5, 5.41) is 10.2. The second-order valence-electron chi connectivity index (χ2n) is 7.73. The smallest absolute Gasteiger partial charge is 0.328 e. The molecule has 0 bridgehead atoms. The van der Waals surface area contributed by atoms with E-state index in [4.69, 9.17) is 0 Å². The van der Waals surface area contributed by atoms with E-state index in [0.717, 1.165) is 17.0 Å². The average Bonchev–Trinajstić information content (AvgIpc) is 3.16. The summed E-state index contributed by atoms with van der Waals surface area (Å²) >= 11 is 0. The number of alkyl halides is 2. The third-order valence-corrected chi connectivity index (χ3v) is 5.48. The molecule has 2 heterocycles. The lowest BCUT2D eigenvalue weighted by Gasteiger charge is -2.30. The summed E-state index contributed by atoms with van der Waals surface area (Å²) < 4.78 is 59.7. The van der Waals surface area contributed by atoms with Crippen LogP contribution in [0.5, 0.6) is 0 Å². The molecule has 1 N–H and O–H groups in total. The van der Waals surface area contributed by atoms with Gasteiger partial charge in [-0.15, -0.1) is 10.2 Å². The molecular weight excluding hydrogens is 442 g/mol. The molecule has 2 amide bonds. The normalized spacial score (nSPS) is 13.6. The molecule has 172 valence electrons.